The van der Waals surface area contributed by atoms with E-state index in [2.05, 4.69) is 20.1 Å². The Labute approximate surface area is 136 Å². The average Bonchev–Trinajstić information content (AvgIpc) is 3.00. The molecule has 0 saturated carbocycles. The van der Waals surface area contributed by atoms with E-state index in [0.29, 0.717) is 22.5 Å². The molecule has 7 heteroatoms. The van der Waals surface area contributed by atoms with Gasteiger partial charge in [-0.05, 0) is 30.3 Å². The molecule has 7 nitrogen and oxygen atoms in total. The summed E-state index contributed by atoms with van der Waals surface area (Å²) in [5, 5.41) is 4.97. The molecule has 24 heavy (non-hydrogen) atoms. The summed E-state index contributed by atoms with van der Waals surface area (Å²) in [5.74, 6) is 0.711. The Balaban J connectivity index is 1.85. The van der Waals surface area contributed by atoms with Crippen molar-refractivity contribution in [3.05, 3.63) is 65.0 Å². The molecule has 3 heterocycles. The maximum atomic E-state index is 12.6. The molecule has 0 atom stereocenters. The zero-order chi connectivity index (χ0) is 16.5. The zero-order valence-electron chi connectivity index (χ0n) is 12.8. The maximum Gasteiger partial charge on any atom is 0.298 e. The number of fused-ring (bicyclic) bond motifs is 3. The first-order valence-corrected chi connectivity index (χ1v) is 7.29. The van der Waals surface area contributed by atoms with Crippen LogP contribution in [0.4, 0.5) is 0 Å². The Kier molecular flexibility index (Phi) is 3.31. The second-order valence-corrected chi connectivity index (χ2v) is 5.15. The van der Waals surface area contributed by atoms with Crippen LogP contribution in [0.3, 0.4) is 0 Å². The van der Waals surface area contributed by atoms with Gasteiger partial charge in [0.1, 0.15) is 23.1 Å². The van der Waals surface area contributed by atoms with Gasteiger partial charge in [0.15, 0.2) is 0 Å². The summed E-state index contributed by atoms with van der Waals surface area (Å²) in [6.45, 7) is 0. The van der Waals surface area contributed by atoms with Gasteiger partial charge in [-0.2, -0.15) is 9.78 Å². The molecule has 0 spiro atoms. The molecule has 0 amide bonds. The third-order valence-electron chi connectivity index (χ3n) is 3.70. The molecule has 0 aliphatic heterocycles. The van der Waals surface area contributed by atoms with Gasteiger partial charge >= 0.3 is 0 Å². The third kappa shape index (κ3) is 2.32. The van der Waals surface area contributed by atoms with Crippen molar-refractivity contribution in [2.45, 2.75) is 0 Å². The monoisotopic (exact) mass is 319 g/mol. The molecular formula is C17H13N5O2. The number of methoxy groups -OCH3 is 1. The molecule has 0 fully saturated rings. The minimum atomic E-state index is -0.276. The molecule has 4 rings (SSSR count). The molecule has 0 radical (unpaired) electrons. The van der Waals surface area contributed by atoms with E-state index >= 15 is 0 Å². The highest BCUT2D eigenvalue weighted by molar-refractivity contribution is 6.04. The molecule has 0 unspecified atom stereocenters. The van der Waals surface area contributed by atoms with Crippen LogP contribution in [0.1, 0.15) is 5.69 Å². The molecule has 0 aliphatic carbocycles. The molecule has 0 aliphatic rings. The SMILES string of the molecule is COc1ccc2[nH]c3c(=O)n(/N=C/c4ccccn4)cnc3c2c1. The van der Waals surface area contributed by atoms with Gasteiger partial charge in [-0.15, -0.1) is 0 Å². The van der Waals surface area contributed by atoms with Gasteiger partial charge in [0.2, 0.25) is 0 Å². The molecule has 3 aromatic heterocycles. The lowest BCUT2D eigenvalue weighted by atomic mass is 10.2. The first-order valence-electron chi connectivity index (χ1n) is 7.29. The molecule has 0 bridgehead atoms. The Morgan fingerprint density at radius 1 is 1.25 bits per heavy atom. The van der Waals surface area contributed by atoms with Crippen LogP contribution in [0.2, 0.25) is 0 Å². The summed E-state index contributed by atoms with van der Waals surface area (Å²) in [4.78, 5) is 24.2. The highest BCUT2D eigenvalue weighted by Crippen LogP contribution is 2.25. The number of H-pyrrole nitrogens is 1. The van der Waals surface area contributed by atoms with Crippen molar-refractivity contribution in [3.8, 4) is 5.75 Å². The van der Waals surface area contributed by atoms with Crippen molar-refractivity contribution in [2.75, 3.05) is 7.11 Å². The lowest BCUT2D eigenvalue weighted by Gasteiger charge is -1.99. The predicted octanol–water partition coefficient (Wildman–Crippen LogP) is 2.16. The van der Waals surface area contributed by atoms with Crippen LogP contribution < -0.4 is 10.3 Å². The molecular weight excluding hydrogens is 306 g/mol. The number of hydrogen-bond donors (Lipinski definition) is 1. The van der Waals surface area contributed by atoms with Crippen molar-refractivity contribution in [1.29, 1.82) is 0 Å². The largest absolute Gasteiger partial charge is 0.497 e. The van der Waals surface area contributed by atoms with E-state index in [1.165, 1.54) is 17.2 Å². The minimum Gasteiger partial charge on any atom is -0.497 e. The number of pyridine rings is 1. The van der Waals surface area contributed by atoms with Gasteiger partial charge in [0.05, 0.1) is 19.0 Å². The van der Waals surface area contributed by atoms with Gasteiger partial charge in [-0.1, -0.05) is 6.07 Å². The maximum absolute atomic E-state index is 12.6. The number of nitrogens with zero attached hydrogens (tertiary/aromatic N) is 4. The van der Waals surface area contributed by atoms with Gasteiger partial charge < -0.3 is 9.72 Å². The third-order valence-corrected chi connectivity index (χ3v) is 3.70. The van der Waals surface area contributed by atoms with Crippen LogP contribution in [0.25, 0.3) is 21.9 Å². The topological polar surface area (TPSA) is 85.2 Å². The van der Waals surface area contributed by atoms with E-state index in [1.807, 2.05) is 30.3 Å². The smallest absolute Gasteiger partial charge is 0.298 e. The summed E-state index contributed by atoms with van der Waals surface area (Å²) >= 11 is 0. The van der Waals surface area contributed by atoms with Crippen LogP contribution in [0.5, 0.6) is 5.75 Å². The van der Waals surface area contributed by atoms with Crippen molar-refractivity contribution in [2.24, 2.45) is 5.10 Å². The average molecular weight is 319 g/mol. The Bertz CT molecular complexity index is 1110. The number of aromatic nitrogens is 4. The Morgan fingerprint density at radius 3 is 2.96 bits per heavy atom. The van der Waals surface area contributed by atoms with Crippen molar-refractivity contribution >= 4 is 28.2 Å². The minimum absolute atomic E-state index is 0.276. The molecule has 0 saturated heterocycles. The molecule has 1 N–H and O–H groups in total. The number of ether oxygens (including phenoxy) is 1. The van der Waals surface area contributed by atoms with Crippen LogP contribution in [0, 0.1) is 0 Å². The van der Waals surface area contributed by atoms with Gasteiger partial charge in [-0.3, -0.25) is 9.78 Å². The molecule has 118 valence electrons. The Morgan fingerprint density at radius 2 is 2.17 bits per heavy atom. The highest BCUT2D eigenvalue weighted by Gasteiger charge is 2.11. The fourth-order valence-corrected chi connectivity index (χ4v) is 2.51. The van der Waals surface area contributed by atoms with Gasteiger partial charge in [0, 0.05) is 17.1 Å². The van der Waals surface area contributed by atoms with Crippen LogP contribution in [0.15, 0.2) is 58.8 Å². The van der Waals surface area contributed by atoms with E-state index in [0.717, 1.165) is 10.9 Å². The summed E-state index contributed by atoms with van der Waals surface area (Å²) in [6, 6.07) is 11.0. The van der Waals surface area contributed by atoms with E-state index in [4.69, 9.17) is 4.74 Å². The number of benzene rings is 1. The highest BCUT2D eigenvalue weighted by atomic mass is 16.5. The normalized spacial score (nSPS) is 11.5. The van der Waals surface area contributed by atoms with Crippen molar-refractivity contribution < 1.29 is 4.74 Å². The first-order chi connectivity index (χ1) is 11.8. The van der Waals surface area contributed by atoms with E-state index in [-0.39, 0.29) is 5.56 Å². The van der Waals surface area contributed by atoms with Crippen LogP contribution in [-0.2, 0) is 0 Å². The standard InChI is InChI=1S/C17H13N5O2/c1-24-12-5-6-14-13(8-12)15-16(21-14)17(23)22(10-19-15)20-9-11-4-2-3-7-18-11/h2-10,21H,1H3/b20-9+. The van der Waals surface area contributed by atoms with E-state index < -0.39 is 0 Å². The zero-order valence-corrected chi connectivity index (χ0v) is 12.8. The number of rotatable bonds is 3. The van der Waals surface area contributed by atoms with E-state index in [9.17, 15) is 4.79 Å². The quantitative estimate of drug-likeness (QED) is 0.586. The number of hydrogen-bond acceptors (Lipinski definition) is 5. The second kappa shape index (κ2) is 5.62. The lowest BCUT2D eigenvalue weighted by molar-refractivity contribution is 0.415. The second-order valence-electron chi connectivity index (χ2n) is 5.15. The summed E-state index contributed by atoms with van der Waals surface area (Å²) in [6.07, 6.45) is 4.58. The Hall–Kier alpha value is -3.48. The number of aromatic amines is 1. The summed E-state index contributed by atoms with van der Waals surface area (Å²) < 4.78 is 6.41. The van der Waals surface area contributed by atoms with E-state index in [1.54, 1.807) is 19.4 Å². The van der Waals surface area contributed by atoms with Crippen LogP contribution in [-0.4, -0.2) is 33.0 Å². The van der Waals surface area contributed by atoms with Crippen molar-refractivity contribution in [1.82, 2.24) is 19.6 Å². The summed E-state index contributed by atoms with van der Waals surface area (Å²) in [5.41, 5.74) is 2.20. The molecule has 4 aromatic rings. The van der Waals surface area contributed by atoms with Crippen LogP contribution >= 0.6 is 0 Å². The van der Waals surface area contributed by atoms with Gasteiger partial charge in [-0.25, -0.2) is 4.98 Å². The van der Waals surface area contributed by atoms with Gasteiger partial charge in [0.25, 0.3) is 5.56 Å². The van der Waals surface area contributed by atoms with Crippen molar-refractivity contribution in [3.63, 3.8) is 0 Å². The first kappa shape index (κ1) is 14.1. The predicted molar refractivity (Wildman–Crippen MR) is 91.6 cm³/mol. The number of nitrogens with one attached hydrogen (secondary N) is 1. The fourth-order valence-electron chi connectivity index (χ4n) is 2.51. The molecule has 1 aromatic carbocycles. The fraction of sp³-hybridized carbons (Fsp3) is 0.0588. The lowest BCUT2D eigenvalue weighted by Crippen LogP contribution is -2.17. The summed E-state index contributed by atoms with van der Waals surface area (Å²) in [7, 11) is 1.60.